The summed E-state index contributed by atoms with van der Waals surface area (Å²) in [7, 11) is 2.27. The Morgan fingerprint density at radius 3 is 2.62 bits per heavy atom. The lowest BCUT2D eigenvalue weighted by Gasteiger charge is -2.22. The fourth-order valence-electron chi connectivity index (χ4n) is 2.76. The van der Waals surface area contributed by atoms with E-state index in [2.05, 4.69) is 31.1 Å². The summed E-state index contributed by atoms with van der Waals surface area (Å²) in [4.78, 5) is 2.50. The number of hydrogen-bond donors (Lipinski definition) is 1. The minimum atomic E-state index is 0.685. The second kappa shape index (κ2) is 8.08. The van der Waals surface area contributed by atoms with Crippen LogP contribution in [0.15, 0.2) is 0 Å². The van der Waals surface area contributed by atoms with Crippen LogP contribution in [0.3, 0.4) is 0 Å². The second-order valence-electron chi connectivity index (χ2n) is 5.56. The van der Waals surface area contributed by atoms with E-state index < -0.39 is 0 Å². The molecule has 0 aromatic heterocycles. The molecule has 1 aliphatic rings. The van der Waals surface area contributed by atoms with Crippen molar-refractivity contribution < 1.29 is 0 Å². The van der Waals surface area contributed by atoms with E-state index in [0.29, 0.717) is 6.04 Å². The largest absolute Gasteiger partial charge is 0.313 e. The van der Waals surface area contributed by atoms with Crippen LogP contribution in [0.1, 0.15) is 52.4 Å². The van der Waals surface area contributed by atoms with E-state index in [4.69, 9.17) is 0 Å². The summed E-state index contributed by atoms with van der Waals surface area (Å²) in [6.45, 7) is 8.20. The standard InChI is InChI=1S/C14H30N2/c1-4-7-13(2)15-10-11-16(3)12-14-8-5-6-9-14/h13-15H,4-12H2,1-3H3. The third-order valence-electron chi connectivity index (χ3n) is 3.75. The predicted octanol–water partition coefficient (Wildman–Crippen LogP) is 2.89. The predicted molar refractivity (Wildman–Crippen MR) is 71.8 cm³/mol. The van der Waals surface area contributed by atoms with Crippen LogP contribution in [0.4, 0.5) is 0 Å². The number of nitrogens with zero attached hydrogens (tertiary/aromatic N) is 1. The van der Waals surface area contributed by atoms with Crippen molar-refractivity contribution in [3.63, 3.8) is 0 Å². The van der Waals surface area contributed by atoms with Gasteiger partial charge in [0.15, 0.2) is 0 Å². The zero-order valence-corrected chi connectivity index (χ0v) is 11.5. The topological polar surface area (TPSA) is 15.3 Å². The van der Waals surface area contributed by atoms with Gasteiger partial charge in [-0.25, -0.2) is 0 Å². The molecule has 0 amide bonds. The molecule has 1 rings (SSSR count). The Labute approximate surface area is 102 Å². The molecule has 1 aliphatic carbocycles. The Morgan fingerprint density at radius 2 is 2.00 bits per heavy atom. The van der Waals surface area contributed by atoms with Crippen molar-refractivity contribution in [2.45, 2.75) is 58.4 Å². The van der Waals surface area contributed by atoms with Crippen LogP contribution >= 0.6 is 0 Å². The summed E-state index contributed by atoms with van der Waals surface area (Å²) in [6, 6.07) is 0.685. The highest BCUT2D eigenvalue weighted by Crippen LogP contribution is 2.24. The van der Waals surface area contributed by atoms with Crippen LogP contribution in [0.25, 0.3) is 0 Å². The highest BCUT2D eigenvalue weighted by Gasteiger charge is 2.16. The molecule has 1 atom stereocenters. The molecule has 0 spiro atoms. The van der Waals surface area contributed by atoms with E-state index in [0.717, 1.165) is 12.5 Å². The van der Waals surface area contributed by atoms with Crippen molar-refractivity contribution in [3.05, 3.63) is 0 Å². The first-order chi connectivity index (χ1) is 7.72. The molecule has 16 heavy (non-hydrogen) atoms. The maximum Gasteiger partial charge on any atom is 0.0104 e. The maximum absolute atomic E-state index is 3.60. The van der Waals surface area contributed by atoms with Crippen molar-refractivity contribution in [1.82, 2.24) is 10.2 Å². The van der Waals surface area contributed by atoms with Gasteiger partial charge in [0.2, 0.25) is 0 Å². The van der Waals surface area contributed by atoms with Gasteiger partial charge in [0.1, 0.15) is 0 Å². The summed E-state index contributed by atoms with van der Waals surface area (Å²) in [5.41, 5.74) is 0. The van der Waals surface area contributed by atoms with Crippen molar-refractivity contribution in [2.75, 3.05) is 26.7 Å². The first-order valence-corrected chi connectivity index (χ1v) is 7.14. The third-order valence-corrected chi connectivity index (χ3v) is 3.75. The molecular formula is C14H30N2. The highest BCUT2D eigenvalue weighted by molar-refractivity contribution is 4.71. The Hall–Kier alpha value is -0.0800. The lowest BCUT2D eigenvalue weighted by Crippen LogP contribution is -2.35. The highest BCUT2D eigenvalue weighted by atomic mass is 15.1. The zero-order chi connectivity index (χ0) is 11.8. The smallest absolute Gasteiger partial charge is 0.0104 e. The van der Waals surface area contributed by atoms with E-state index in [1.54, 1.807) is 0 Å². The average molecular weight is 226 g/mol. The summed E-state index contributed by atoms with van der Waals surface area (Å²) >= 11 is 0. The summed E-state index contributed by atoms with van der Waals surface area (Å²) in [5, 5.41) is 3.60. The average Bonchev–Trinajstić information content (AvgIpc) is 2.70. The Balaban J connectivity index is 1.98. The zero-order valence-electron chi connectivity index (χ0n) is 11.5. The van der Waals surface area contributed by atoms with Crippen molar-refractivity contribution in [3.8, 4) is 0 Å². The molecule has 1 N–H and O–H groups in total. The van der Waals surface area contributed by atoms with Crippen LogP contribution in [0.2, 0.25) is 0 Å². The summed E-state index contributed by atoms with van der Waals surface area (Å²) < 4.78 is 0. The molecule has 96 valence electrons. The normalized spacial score (nSPS) is 19.5. The molecule has 0 aromatic rings. The van der Waals surface area contributed by atoms with Gasteiger partial charge in [-0.15, -0.1) is 0 Å². The van der Waals surface area contributed by atoms with Crippen LogP contribution in [0.5, 0.6) is 0 Å². The molecule has 1 saturated carbocycles. The fraction of sp³-hybridized carbons (Fsp3) is 1.00. The monoisotopic (exact) mass is 226 g/mol. The van der Waals surface area contributed by atoms with Gasteiger partial charge in [-0.1, -0.05) is 26.2 Å². The van der Waals surface area contributed by atoms with Gasteiger partial charge >= 0.3 is 0 Å². The Morgan fingerprint density at radius 1 is 1.31 bits per heavy atom. The molecule has 0 radical (unpaired) electrons. The molecule has 0 saturated heterocycles. The molecule has 2 heteroatoms. The van der Waals surface area contributed by atoms with Crippen molar-refractivity contribution in [2.24, 2.45) is 5.92 Å². The first kappa shape index (κ1) is 14.0. The van der Waals surface area contributed by atoms with Crippen molar-refractivity contribution in [1.29, 1.82) is 0 Å². The fourth-order valence-corrected chi connectivity index (χ4v) is 2.76. The van der Waals surface area contributed by atoms with Gasteiger partial charge in [0, 0.05) is 25.7 Å². The van der Waals surface area contributed by atoms with E-state index in [9.17, 15) is 0 Å². The molecule has 0 aromatic carbocycles. The van der Waals surface area contributed by atoms with Crippen LogP contribution < -0.4 is 5.32 Å². The minimum absolute atomic E-state index is 0.685. The van der Waals surface area contributed by atoms with Gasteiger partial charge in [-0.2, -0.15) is 0 Å². The number of hydrogen-bond acceptors (Lipinski definition) is 2. The van der Waals surface area contributed by atoms with E-state index in [-0.39, 0.29) is 0 Å². The van der Waals surface area contributed by atoms with Crippen LogP contribution in [-0.4, -0.2) is 37.6 Å². The van der Waals surface area contributed by atoms with Gasteiger partial charge < -0.3 is 10.2 Å². The first-order valence-electron chi connectivity index (χ1n) is 7.14. The molecule has 1 unspecified atom stereocenters. The number of rotatable bonds is 8. The van der Waals surface area contributed by atoms with E-state index >= 15 is 0 Å². The number of likely N-dealkylation sites (N-methyl/N-ethyl adjacent to an activating group) is 1. The van der Waals surface area contributed by atoms with Gasteiger partial charge in [-0.05, 0) is 39.2 Å². The third kappa shape index (κ3) is 5.86. The van der Waals surface area contributed by atoms with Crippen molar-refractivity contribution >= 4 is 0 Å². The van der Waals surface area contributed by atoms with Gasteiger partial charge in [-0.3, -0.25) is 0 Å². The summed E-state index contributed by atoms with van der Waals surface area (Å²) in [6.07, 6.45) is 8.43. The van der Waals surface area contributed by atoms with Gasteiger partial charge in [0.05, 0.1) is 0 Å². The molecule has 0 heterocycles. The Bertz CT molecular complexity index is 164. The lowest BCUT2D eigenvalue weighted by molar-refractivity contribution is 0.273. The molecule has 0 bridgehead atoms. The SMILES string of the molecule is CCCC(C)NCCN(C)CC1CCCC1. The minimum Gasteiger partial charge on any atom is -0.313 e. The second-order valence-corrected chi connectivity index (χ2v) is 5.56. The molecule has 2 nitrogen and oxygen atoms in total. The Kier molecular flexibility index (Phi) is 7.06. The van der Waals surface area contributed by atoms with Crippen LogP contribution in [0, 0.1) is 5.92 Å². The molecular weight excluding hydrogens is 196 g/mol. The van der Waals surface area contributed by atoms with E-state index in [1.165, 1.54) is 51.6 Å². The summed E-state index contributed by atoms with van der Waals surface area (Å²) in [5.74, 6) is 0.984. The van der Waals surface area contributed by atoms with E-state index in [1.807, 2.05) is 0 Å². The quantitative estimate of drug-likeness (QED) is 0.684. The lowest BCUT2D eigenvalue weighted by atomic mass is 10.1. The molecule has 0 aliphatic heterocycles. The van der Waals surface area contributed by atoms with Gasteiger partial charge in [0.25, 0.3) is 0 Å². The van der Waals surface area contributed by atoms with Crippen LogP contribution in [-0.2, 0) is 0 Å². The molecule has 1 fully saturated rings. The maximum atomic E-state index is 3.60. The number of nitrogens with one attached hydrogen (secondary N) is 1.